The quantitative estimate of drug-likeness (QED) is 0.841. The molecule has 6 heteroatoms. The molecule has 5 nitrogen and oxygen atoms in total. The van der Waals surface area contributed by atoms with Gasteiger partial charge in [-0.05, 0) is 51.1 Å². The zero-order chi connectivity index (χ0) is 17.6. The molecule has 2 heterocycles. The Morgan fingerprint density at radius 1 is 1.28 bits per heavy atom. The molecule has 0 saturated carbocycles. The molecule has 0 unspecified atom stereocenters. The predicted octanol–water partition coefficient (Wildman–Crippen LogP) is 2.53. The molecule has 0 spiro atoms. The van der Waals surface area contributed by atoms with Crippen LogP contribution in [0.4, 0.5) is 0 Å². The van der Waals surface area contributed by atoms with Gasteiger partial charge in [0.2, 0.25) is 5.91 Å². The summed E-state index contributed by atoms with van der Waals surface area (Å²) >= 11 is 6.11. The Morgan fingerprint density at radius 3 is 2.88 bits per heavy atom. The Bertz CT molecular complexity index is 590. The summed E-state index contributed by atoms with van der Waals surface area (Å²) in [7, 11) is 0. The third-order valence-electron chi connectivity index (χ3n) is 4.86. The van der Waals surface area contributed by atoms with Crippen molar-refractivity contribution in [3.63, 3.8) is 0 Å². The lowest BCUT2D eigenvalue weighted by molar-refractivity contribution is -0.121. The molecule has 1 N–H and O–H groups in total. The topological polar surface area (TPSA) is 44.8 Å². The van der Waals surface area contributed by atoms with E-state index in [-0.39, 0.29) is 12.0 Å². The van der Waals surface area contributed by atoms with Crippen molar-refractivity contribution in [3.8, 4) is 5.75 Å². The molecule has 2 aliphatic rings. The molecular formula is C19H28ClN3O2. The van der Waals surface area contributed by atoms with Crippen LogP contribution in [0.3, 0.4) is 0 Å². The number of nitrogens with zero attached hydrogens (tertiary/aromatic N) is 2. The number of hydrogen-bond acceptors (Lipinski definition) is 4. The van der Waals surface area contributed by atoms with Crippen LogP contribution in [0.25, 0.3) is 0 Å². The summed E-state index contributed by atoms with van der Waals surface area (Å²) in [6.07, 6.45) is 3.19. The molecule has 2 aliphatic heterocycles. The number of amides is 1. The first-order valence-electron chi connectivity index (χ1n) is 9.26. The van der Waals surface area contributed by atoms with Crippen molar-refractivity contribution in [2.75, 3.05) is 39.3 Å². The van der Waals surface area contributed by atoms with Gasteiger partial charge < -0.3 is 15.0 Å². The maximum Gasteiger partial charge on any atom is 0.221 e. The van der Waals surface area contributed by atoms with Crippen LogP contribution in [-0.2, 0) is 11.3 Å². The number of rotatable bonds is 6. The van der Waals surface area contributed by atoms with E-state index in [2.05, 4.69) is 22.0 Å². The summed E-state index contributed by atoms with van der Waals surface area (Å²) < 4.78 is 5.96. The standard InChI is InChI=1S/C19H28ClN3O2/c1-15-13-23(14-16-12-17(20)4-5-18(16)25-15)10-6-19(24)21-7-11-22-8-2-3-9-22/h4-5,12,15H,2-3,6-11,13-14H2,1H3,(H,21,24)/t15-/m0/s1. The van der Waals surface area contributed by atoms with E-state index in [0.717, 1.165) is 49.1 Å². The molecule has 0 bridgehead atoms. The molecule has 25 heavy (non-hydrogen) atoms. The largest absolute Gasteiger partial charge is 0.489 e. The number of carbonyl (C=O) groups excluding carboxylic acids is 1. The number of nitrogens with one attached hydrogen (secondary N) is 1. The van der Waals surface area contributed by atoms with E-state index >= 15 is 0 Å². The molecule has 1 saturated heterocycles. The van der Waals surface area contributed by atoms with Gasteiger partial charge in [0, 0.05) is 49.7 Å². The van der Waals surface area contributed by atoms with E-state index < -0.39 is 0 Å². The van der Waals surface area contributed by atoms with Gasteiger partial charge in [0.25, 0.3) is 0 Å². The SMILES string of the molecule is C[C@H]1CN(CCC(=O)NCCN2CCCC2)Cc2cc(Cl)ccc2O1. The molecule has 0 radical (unpaired) electrons. The monoisotopic (exact) mass is 365 g/mol. The van der Waals surface area contributed by atoms with Gasteiger partial charge in [-0.25, -0.2) is 0 Å². The van der Waals surface area contributed by atoms with Crippen molar-refractivity contribution in [1.29, 1.82) is 0 Å². The van der Waals surface area contributed by atoms with E-state index in [9.17, 15) is 4.79 Å². The minimum absolute atomic E-state index is 0.0978. The van der Waals surface area contributed by atoms with Gasteiger partial charge in [-0.2, -0.15) is 0 Å². The lowest BCUT2D eigenvalue weighted by atomic mass is 10.2. The van der Waals surface area contributed by atoms with Crippen molar-refractivity contribution < 1.29 is 9.53 Å². The van der Waals surface area contributed by atoms with Gasteiger partial charge in [0.1, 0.15) is 11.9 Å². The maximum absolute atomic E-state index is 12.1. The van der Waals surface area contributed by atoms with Crippen LogP contribution in [0.15, 0.2) is 18.2 Å². The normalized spacial score (nSPS) is 21.4. The molecule has 1 aromatic carbocycles. The van der Waals surface area contributed by atoms with E-state index in [1.165, 1.54) is 25.9 Å². The van der Waals surface area contributed by atoms with Crippen LogP contribution in [0.5, 0.6) is 5.75 Å². The minimum Gasteiger partial charge on any atom is -0.489 e. The summed E-state index contributed by atoms with van der Waals surface area (Å²) in [5.74, 6) is 1.03. The number of likely N-dealkylation sites (tertiary alicyclic amines) is 1. The molecule has 1 fully saturated rings. The predicted molar refractivity (Wildman–Crippen MR) is 100 cm³/mol. The molecule has 0 aromatic heterocycles. The van der Waals surface area contributed by atoms with Crippen LogP contribution >= 0.6 is 11.6 Å². The second-order valence-electron chi connectivity index (χ2n) is 7.06. The van der Waals surface area contributed by atoms with Crippen LogP contribution in [0.2, 0.25) is 5.02 Å². The Morgan fingerprint density at radius 2 is 2.08 bits per heavy atom. The summed E-state index contributed by atoms with van der Waals surface area (Å²) in [6, 6.07) is 5.75. The van der Waals surface area contributed by atoms with Crippen LogP contribution < -0.4 is 10.1 Å². The summed E-state index contributed by atoms with van der Waals surface area (Å²) in [5.41, 5.74) is 1.09. The number of fused-ring (bicyclic) bond motifs is 1. The third kappa shape index (κ3) is 5.59. The smallest absolute Gasteiger partial charge is 0.221 e. The van der Waals surface area contributed by atoms with Gasteiger partial charge in [-0.15, -0.1) is 0 Å². The van der Waals surface area contributed by atoms with Gasteiger partial charge in [-0.1, -0.05) is 11.6 Å². The highest BCUT2D eigenvalue weighted by Gasteiger charge is 2.21. The van der Waals surface area contributed by atoms with Gasteiger partial charge in [0.05, 0.1) is 0 Å². The van der Waals surface area contributed by atoms with E-state index in [4.69, 9.17) is 16.3 Å². The first kappa shape index (κ1) is 18.5. The number of ether oxygens (including phenoxy) is 1. The van der Waals surface area contributed by atoms with Crippen molar-refractivity contribution in [1.82, 2.24) is 15.1 Å². The highest BCUT2D eigenvalue weighted by Crippen LogP contribution is 2.28. The summed E-state index contributed by atoms with van der Waals surface area (Å²) in [6.45, 7) is 8.42. The Hall–Kier alpha value is -1.30. The first-order chi connectivity index (χ1) is 12.1. The number of hydrogen-bond donors (Lipinski definition) is 1. The zero-order valence-corrected chi connectivity index (χ0v) is 15.7. The van der Waals surface area contributed by atoms with E-state index in [1.54, 1.807) is 0 Å². The lowest BCUT2D eigenvalue weighted by Gasteiger charge is -2.21. The molecule has 1 atom stereocenters. The molecule has 138 valence electrons. The fraction of sp³-hybridized carbons (Fsp3) is 0.632. The van der Waals surface area contributed by atoms with E-state index in [0.29, 0.717) is 6.42 Å². The van der Waals surface area contributed by atoms with Crippen LogP contribution in [0, 0.1) is 0 Å². The third-order valence-corrected chi connectivity index (χ3v) is 5.10. The fourth-order valence-electron chi connectivity index (χ4n) is 3.59. The van der Waals surface area contributed by atoms with Crippen LogP contribution in [-0.4, -0.2) is 61.1 Å². The summed E-state index contributed by atoms with van der Waals surface area (Å²) in [4.78, 5) is 16.8. The Balaban J connectivity index is 1.44. The van der Waals surface area contributed by atoms with Crippen molar-refractivity contribution in [3.05, 3.63) is 28.8 Å². The zero-order valence-electron chi connectivity index (χ0n) is 15.0. The fourth-order valence-corrected chi connectivity index (χ4v) is 3.78. The summed E-state index contributed by atoms with van der Waals surface area (Å²) in [5, 5.41) is 3.76. The average Bonchev–Trinajstić information content (AvgIpc) is 3.03. The Labute approximate surface area is 155 Å². The van der Waals surface area contributed by atoms with Crippen molar-refractivity contribution in [2.24, 2.45) is 0 Å². The average molecular weight is 366 g/mol. The molecule has 1 amide bonds. The highest BCUT2D eigenvalue weighted by molar-refractivity contribution is 6.30. The number of carbonyl (C=O) groups is 1. The van der Waals surface area contributed by atoms with Gasteiger partial charge in [0.15, 0.2) is 0 Å². The molecule has 3 rings (SSSR count). The van der Waals surface area contributed by atoms with Crippen LogP contribution in [0.1, 0.15) is 31.7 Å². The number of halogens is 1. The Kier molecular flexibility index (Phi) is 6.57. The van der Waals surface area contributed by atoms with Gasteiger partial charge >= 0.3 is 0 Å². The van der Waals surface area contributed by atoms with Gasteiger partial charge in [-0.3, -0.25) is 9.69 Å². The first-order valence-corrected chi connectivity index (χ1v) is 9.64. The second kappa shape index (κ2) is 8.88. The molecular weight excluding hydrogens is 338 g/mol. The minimum atomic E-state index is 0.0978. The highest BCUT2D eigenvalue weighted by atomic mass is 35.5. The van der Waals surface area contributed by atoms with Crippen molar-refractivity contribution in [2.45, 2.75) is 38.8 Å². The number of benzene rings is 1. The van der Waals surface area contributed by atoms with E-state index in [1.807, 2.05) is 18.2 Å². The molecule has 1 aromatic rings. The van der Waals surface area contributed by atoms with Crippen molar-refractivity contribution >= 4 is 17.5 Å². The second-order valence-corrected chi connectivity index (χ2v) is 7.50. The molecule has 0 aliphatic carbocycles. The lowest BCUT2D eigenvalue weighted by Crippen LogP contribution is -2.37. The maximum atomic E-state index is 12.1.